The Morgan fingerprint density at radius 1 is 1.60 bits per heavy atom. The molecule has 0 spiro atoms. The Hall–Kier alpha value is -1.03. The minimum Gasteiger partial charge on any atom is -0.368 e. The van der Waals surface area contributed by atoms with E-state index in [1.807, 2.05) is 0 Å². The van der Waals surface area contributed by atoms with E-state index in [1.54, 1.807) is 0 Å². The zero-order valence-electron chi connectivity index (χ0n) is 9.13. The molecule has 1 atom stereocenters. The number of hydrogen-bond donors (Lipinski definition) is 2. The normalized spacial score (nSPS) is 12.5. The molecule has 0 saturated carbocycles. The zero-order valence-corrected chi connectivity index (χ0v) is 9.88. The van der Waals surface area contributed by atoms with E-state index in [0.717, 1.165) is 6.42 Å². The van der Waals surface area contributed by atoms with Crippen LogP contribution >= 0.6 is 11.6 Å². The van der Waals surface area contributed by atoms with Gasteiger partial charge in [-0.3, -0.25) is 0 Å². The number of aromatic nitrogens is 2. The first-order chi connectivity index (χ1) is 7.13. The summed E-state index contributed by atoms with van der Waals surface area (Å²) in [5.74, 6) is 0.859. The van der Waals surface area contributed by atoms with Crippen molar-refractivity contribution < 1.29 is 0 Å². The lowest BCUT2D eigenvalue weighted by atomic mass is 10.1. The van der Waals surface area contributed by atoms with Gasteiger partial charge < -0.3 is 11.1 Å². The van der Waals surface area contributed by atoms with Crippen LogP contribution in [-0.2, 0) is 0 Å². The van der Waals surface area contributed by atoms with Crippen LogP contribution in [0.2, 0.25) is 5.02 Å². The molecule has 1 unspecified atom stereocenters. The zero-order chi connectivity index (χ0) is 11.3. The van der Waals surface area contributed by atoms with Gasteiger partial charge in [-0.15, -0.1) is 0 Å². The quantitative estimate of drug-likeness (QED) is 0.814. The van der Waals surface area contributed by atoms with Crippen LogP contribution in [0.15, 0.2) is 6.20 Å². The van der Waals surface area contributed by atoms with E-state index in [1.165, 1.54) is 19.0 Å². The van der Waals surface area contributed by atoms with E-state index in [9.17, 15) is 0 Å². The monoisotopic (exact) mass is 228 g/mol. The van der Waals surface area contributed by atoms with Gasteiger partial charge in [-0.2, -0.15) is 4.98 Å². The van der Waals surface area contributed by atoms with E-state index < -0.39 is 0 Å². The molecule has 0 saturated heterocycles. The number of nitrogens with zero attached hydrogens (tertiary/aromatic N) is 2. The van der Waals surface area contributed by atoms with E-state index in [0.29, 0.717) is 16.9 Å². The number of halogens is 1. The van der Waals surface area contributed by atoms with Gasteiger partial charge in [0.1, 0.15) is 5.02 Å². The molecule has 0 aliphatic carbocycles. The van der Waals surface area contributed by atoms with Crippen LogP contribution < -0.4 is 11.1 Å². The first-order valence-corrected chi connectivity index (χ1v) is 5.55. The van der Waals surface area contributed by atoms with Crippen LogP contribution in [0.4, 0.5) is 11.8 Å². The Labute approximate surface area is 95.3 Å². The minimum absolute atomic E-state index is 0.240. The highest BCUT2D eigenvalue weighted by molar-refractivity contribution is 6.32. The molecule has 15 heavy (non-hydrogen) atoms. The van der Waals surface area contributed by atoms with Gasteiger partial charge in [0.25, 0.3) is 0 Å². The second-order valence-corrected chi connectivity index (χ2v) is 4.02. The molecule has 0 fully saturated rings. The maximum Gasteiger partial charge on any atom is 0.222 e. The van der Waals surface area contributed by atoms with Crippen LogP contribution in [0.1, 0.15) is 33.1 Å². The SMILES string of the molecule is CCCCC(C)Nc1nc(N)ncc1Cl. The van der Waals surface area contributed by atoms with Crippen molar-refractivity contribution in [3.05, 3.63) is 11.2 Å². The predicted molar refractivity (Wildman–Crippen MR) is 64.1 cm³/mol. The maximum atomic E-state index is 5.93. The molecule has 0 aliphatic rings. The smallest absolute Gasteiger partial charge is 0.222 e. The van der Waals surface area contributed by atoms with E-state index in [-0.39, 0.29) is 5.95 Å². The summed E-state index contributed by atoms with van der Waals surface area (Å²) in [7, 11) is 0. The lowest BCUT2D eigenvalue weighted by molar-refractivity contribution is 0.643. The summed E-state index contributed by atoms with van der Waals surface area (Å²) in [5.41, 5.74) is 5.48. The van der Waals surface area contributed by atoms with Crippen LogP contribution in [0, 0.1) is 0 Å². The summed E-state index contributed by atoms with van der Waals surface area (Å²) in [6.45, 7) is 4.27. The fourth-order valence-electron chi connectivity index (χ4n) is 1.30. The number of nitrogen functional groups attached to an aromatic ring is 1. The Bertz CT molecular complexity index is 316. The molecular weight excluding hydrogens is 212 g/mol. The first kappa shape index (κ1) is 12.0. The Morgan fingerprint density at radius 3 is 3.00 bits per heavy atom. The number of nitrogens with one attached hydrogen (secondary N) is 1. The standard InChI is InChI=1S/C10H17ClN4/c1-3-4-5-7(2)14-9-8(11)6-13-10(12)15-9/h6-7H,3-5H2,1-2H3,(H3,12,13,14,15). The van der Waals surface area contributed by atoms with Gasteiger partial charge in [0.15, 0.2) is 5.82 Å². The number of unbranched alkanes of at least 4 members (excludes halogenated alkanes) is 1. The third-order valence-electron chi connectivity index (χ3n) is 2.14. The summed E-state index contributed by atoms with van der Waals surface area (Å²) in [6.07, 6.45) is 4.98. The number of rotatable bonds is 5. The summed E-state index contributed by atoms with van der Waals surface area (Å²) in [6, 6.07) is 0.344. The lowest BCUT2D eigenvalue weighted by Crippen LogP contribution is -2.16. The summed E-state index contributed by atoms with van der Waals surface area (Å²) < 4.78 is 0. The summed E-state index contributed by atoms with van der Waals surface area (Å²) in [5, 5.41) is 3.73. The van der Waals surface area contributed by atoms with Crippen LogP contribution in [0.5, 0.6) is 0 Å². The maximum absolute atomic E-state index is 5.93. The van der Waals surface area contributed by atoms with Crippen LogP contribution in [0.25, 0.3) is 0 Å². The van der Waals surface area contributed by atoms with Crippen molar-refractivity contribution in [3.63, 3.8) is 0 Å². The summed E-state index contributed by atoms with van der Waals surface area (Å²) >= 11 is 5.93. The lowest BCUT2D eigenvalue weighted by Gasteiger charge is -2.14. The van der Waals surface area contributed by atoms with Gasteiger partial charge in [-0.05, 0) is 13.3 Å². The van der Waals surface area contributed by atoms with Gasteiger partial charge >= 0.3 is 0 Å². The minimum atomic E-state index is 0.240. The molecule has 0 aliphatic heterocycles. The highest BCUT2D eigenvalue weighted by Gasteiger charge is 2.07. The molecule has 1 aromatic rings. The number of hydrogen-bond acceptors (Lipinski definition) is 4. The topological polar surface area (TPSA) is 63.8 Å². The largest absolute Gasteiger partial charge is 0.368 e. The van der Waals surface area contributed by atoms with E-state index in [4.69, 9.17) is 17.3 Å². The first-order valence-electron chi connectivity index (χ1n) is 5.18. The van der Waals surface area contributed by atoms with Crippen molar-refractivity contribution in [2.24, 2.45) is 0 Å². The third-order valence-corrected chi connectivity index (χ3v) is 2.41. The van der Waals surface area contributed by atoms with Crippen molar-refractivity contribution in [2.75, 3.05) is 11.1 Å². The number of anilines is 2. The second-order valence-electron chi connectivity index (χ2n) is 3.61. The predicted octanol–water partition coefficient (Wildman–Crippen LogP) is 2.70. The molecule has 0 bridgehead atoms. The van der Waals surface area contributed by atoms with Crippen molar-refractivity contribution in [2.45, 2.75) is 39.2 Å². The highest BCUT2D eigenvalue weighted by atomic mass is 35.5. The molecule has 1 heterocycles. The van der Waals surface area contributed by atoms with Crippen molar-refractivity contribution in [3.8, 4) is 0 Å². The van der Waals surface area contributed by atoms with Gasteiger partial charge in [0.05, 0.1) is 6.20 Å². The molecular formula is C10H17ClN4. The van der Waals surface area contributed by atoms with Crippen molar-refractivity contribution >= 4 is 23.4 Å². The Balaban J connectivity index is 2.59. The fourth-order valence-corrected chi connectivity index (χ4v) is 1.44. The highest BCUT2D eigenvalue weighted by Crippen LogP contribution is 2.20. The fraction of sp³-hybridized carbons (Fsp3) is 0.600. The molecule has 1 aromatic heterocycles. The molecule has 1 rings (SSSR count). The third kappa shape index (κ3) is 3.91. The molecule has 84 valence electrons. The van der Waals surface area contributed by atoms with Crippen molar-refractivity contribution in [1.82, 2.24) is 9.97 Å². The van der Waals surface area contributed by atoms with E-state index >= 15 is 0 Å². The van der Waals surface area contributed by atoms with Gasteiger partial charge in [-0.1, -0.05) is 31.4 Å². The van der Waals surface area contributed by atoms with E-state index in [2.05, 4.69) is 29.1 Å². The van der Waals surface area contributed by atoms with Crippen LogP contribution in [0.3, 0.4) is 0 Å². The van der Waals surface area contributed by atoms with Crippen LogP contribution in [-0.4, -0.2) is 16.0 Å². The molecule has 0 aromatic carbocycles. The average Bonchev–Trinajstić information content (AvgIpc) is 2.20. The van der Waals surface area contributed by atoms with Gasteiger partial charge in [-0.25, -0.2) is 4.98 Å². The van der Waals surface area contributed by atoms with Crippen molar-refractivity contribution in [1.29, 1.82) is 0 Å². The molecule has 0 radical (unpaired) electrons. The second kappa shape index (κ2) is 5.75. The molecule has 4 nitrogen and oxygen atoms in total. The average molecular weight is 229 g/mol. The molecule has 3 N–H and O–H groups in total. The number of nitrogens with two attached hydrogens (primary N) is 1. The Kier molecular flexibility index (Phi) is 4.62. The van der Waals surface area contributed by atoms with Gasteiger partial charge in [0.2, 0.25) is 5.95 Å². The molecule has 5 heteroatoms. The summed E-state index contributed by atoms with van der Waals surface area (Å²) in [4.78, 5) is 7.85. The Morgan fingerprint density at radius 2 is 2.33 bits per heavy atom. The molecule has 0 amide bonds. The van der Waals surface area contributed by atoms with Gasteiger partial charge in [0, 0.05) is 6.04 Å².